The van der Waals surface area contributed by atoms with E-state index in [0.29, 0.717) is 6.07 Å². The Bertz CT molecular complexity index is 954. The Kier molecular flexibility index (Phi) is 5.67. The number of benzene rings is 2. The van der Waals surface area contributed by atoms with Crippen molar-refractivity contribution in [3.63, 3.8) is 0 Å². The van der Waals surface area contributed by atoms with E-state index in [0.717, 1.165) is 17.7 Å². The molecule has 1 aliphatic rings. The minimum atomic E-state index is -3.94. The largest absolute Gasteiger partial charge is 0.337 e. The highest BCUT2D eigenvalue weighted by Crippen LogP contribution is 2.20. The molecular formula is C19H18F2N2O3S. The van der Waals surface area contributed by atoms with Crippen molar-refractivity contribution in [1.29, 1.82) is 0 Å². The van der Waals surface area contributed by atoms with Gasteiger partial charge in [0.2, 0.25) is 15.9 Å². The van der Waals surface area contributed by atoms with E-state index in [1.807, 2.05) is 30.3 Å². The van der Waals surface area contributed by atoms with Crippen LogP contribution in [0.1, 0.15) is 5.56 Å². The van der Waals surface area contributed by atoms with E-state index in [-0.39, 0.29) is 37.0 Å². The van der Waals surface area contributed by atoms with E-state index in [1.54, 1.807) is 11.0 Å². The molecule has 0 saturated carbocycles. The van der Waals surface area contributed by atoms with E-state index >= 15 is 0 Å². The number of carbonyl (C=O) groups is 1. The molecule has 0 unspecified atom stereocenters. The van der Waals surface area contributed by atoms with E-state index in [4.69, 9.17) is 0 Å². The summed E-state index contributed by atoms with van der Waals surface area (Å²) >= 11 is 0. The fourth-order valence-electron chi connectivity index (χ4n) is 2.77. The first-order chi connectivity index (χ1) is 12.9. The van der Waals surface area contributed by atoms with Crippen LogP contribution in [-0.4, -0.2) is 49.7 Å². The number of halogens is 2. The molecule has 0 spiro atoms. The highest BCUT2D eigenvalue weighted by molar-refractivity contribution is 7.89. The molecule has 1 amide bonds. The number of hydrogen-bond acceptors (Lipinski definition) is 3. The summed E-state index contributed by atoms with van der Waals surface area (Å²) < 4.78 is 52.7. The Morgan fingerprint density at radius 1 is 0.926 bits per heavy atom. The minimum absolute atomic E-state index is 0.0895. The third-order valence-electron chi connectivity index (χ3n) is 4.30. The highest BCUT2D eigenvalue weighted by atomic mass is 32.2. The lowest BCUT2D eigenvalue weighted by atomic mass is 10.2. The van der Waals surface area contributed by atoms with Gasteiger partial charge in [-0.3, -0.25) is 4.79 Å². The van der Waals surface area contributed by atoms with Crippen molar-refractivity contribution < 1.29 is 22.0 Å². The Hall–Kier alpha value is -2.58. The SMILES string of the molecule is O=C(/C=C/c1ccccc1)N1CCN(S(=O)(=O)c2ccc(F)c(F)c2)CC1. The number of nitrogens with zero attached hydrogens (tertiary/aromatic N) is 2. The molecule has 0 atom stereocenters. The Morgan fingerprint density at radius 2 is 1.59 bits per heavy atom. The van der Waals surface area contributed by atoms with Gasteiger partial charge in [0, 0.05) is 32.3 Å². The van der Waals surface area contributed by atoms with Gasteiger partial charge in [-0.1, -0.05) is 30.3 Å². The zero-order chi connectivity index (χ0) is 19.4. The molecule has 27 heavy (non-hydrogen) atoms. The number of amides is 1. The number of piperazine rings is 1. The van der Waals surface area contributed by atoms with Gasteiger partial charge in [0.05, 0.1) is 4.90 Å². The molecule has 8 heteroatoms. The van der Waals surface area contributed by atoms with Gasteiger partial charge in [-0.05, 0) is 29.8 Å². The van der Waals surface area contributed by atoms with Gasteiger partial charge < -0.3 is 4.90 Å². The lowest BCUT2D eigenvalue weighted by Gasteiger charge is -2.33. The lowest BCUT2D eigenvalue weighted by molar-refractivity contribution is -0.127. The maximum Gasteiger partial charge on any atom is 0.246 e. The average Bonchev–Trinajstić information content (AvgIpc) is 2.69. The highest BCUT2D eigenvalue weighted by Gasteiger charge is 2.30. The number of carbonyl (C=O) groups excluding carboxylic acids is 1. The van der Waals surface area contributed by atoms with Crippen LogP contribution in [0, 0.1) is 11.6 Å². The molecule has 1 heterocycles. The second kappa shape index (κ2) is 7.98. The molecule has 0 bridgehead atoms. The fraction of sp³-hybridized carbons (Fsp3) is 0.211. The van der Waals surface area contributed by atoms with Crippen LogP contribution in [0.5, 0.6) is 0 Å². The van der Waals surface area contributed by atoms with E-state index < -0.39 is 21.7 Å². The summed E-state index contributed by atoms with van der Waals surface area (Å²) in [5.41, 5.74) is 0.894. The Labute approximate surface area is 156 Å². The average molecular weight is 392 g/mol. The first kappa shape index (κ1) is 19.2. The predicted molar refractivity (Wildman–Crippen MR) is 97.2 cm³/mol. The van der Waals surface area contributed by atoms with Crippen molar-refractivity contribution in [2.45, 2.75) is 4.90 Å². The molecule has 3 rings (SSSR count). The van der Waals surface area contributed by atoms with Crippen LogP contribution in [0.15, 0.2) is 59.5 Å². The van der Waals surface area contributed by atoms with Gasteiger partial charge in [-0.15, -0.1) is 0 Å². The van der Waals surface area contributed by atoms with Gasteiger partial charge in [0.1, 0.15) is 0 Å². The third kappa shape index (κ3) is 4.40. The molecule has 142 valence electrons. The third-order valence-corrected chi connectivity index (χ3v) is 6.19. The first-order valence-electron chi connectivity index (χ1n) is 8.35. The molecule has 1 saturated heterocycles. The van der Waals surface area contributed by atoms with Crippen LogP contribution >= 0.6 is 0 Å². The molecule has 1 aliphatic heterocycles. The van der Waals surface area contributed by atoms with Crippen molar-refractivity contribution in [2.24, 2.45) is 0 Å². The fourth-order valence-corrected chi connectivity index (χ4v) is 4.21. The minimum Gasteiger partial charge on any atom is -0.337 e. The summed E-state index contributed by atoms with van der Waals surface area (Å²) in [5, 5.41) is 0. The summed E-state index contributed by atoms with van der Waals surface area (Å²) in [6, 6.07) is 11.9. The van der Waals surface area contributed by atoms with Crippen LogP contribution < -0.4 is 0 Å². The van der Waals surface area contributed by atoms with Gasteiger partial charge in [0.15, 0.2) is 11.6 Å². The maximum absolute atomic E-state index is 13.4. The molecule has 2 aromatic carbocycles. The van der Waals surface area contributed by atoms with Crippen LogP contribution in [0.4, 0.5) is 8.78 Å². The molecule has 1 fully saturated rings. The number of hydrogen-bond donors (Lipinski definition) is 0. The standard InChI is InChI=1S/C19H18F2N2O3S/c20-17-8-7-16(14-18(17)21)27(25,26)23-12-10-22(11-13-23)19(24)9-6-15-4-2-1-3-5-15/h1-9,14H,10-13H2/b9-6+. The normalized spacial score (nSPS) is 16.0. The van der Waals surface area contributed by atoms with Crippen LogP contribution in [-0.2, 0) is 14.8 Å². The lowest BCUT2D eigenvalue weighted by Crippen LogP contribution is -2.50. The second-order valence-corrected chi connectivity index (χ2v) is 7.99. The molecule has 0 aliphatic carbocycles. The second-order valence-electron chi connectivity index (χ2n) is 6.05. The molecule has 0 radical (unpaired) electrons. The Balaban J connectivity index is 1.63. The predicted octanol–water partition coefficient (Wildman–Crippen LogP) is 2.51. The van der Waals surface area contributed by atoms with Crippen molar-refractivity contribution in [3.05, 3.63) is 71.8 Å². The summed E-state index contributed by atoms with van der Waals surface area (Å²) in [4.78, 5) is 13.5. The summed E-state index contributed by atoms with van der Waals surface area (Å²) in [5.74, 6) is -2.52. The topological polar surface area (TPSA) is 57.7 Å². The van der Waals surface area contributed by atoms with Crippen molar-refractivity contribution in [2.75, 3.05) is 26.2 Å². The van der Waals surface area contributed by atoms with Gasteiger partial charge >= 0.3 is 0 Å². The maximum atomic E-state index is 13.4. The zero-order valence-corrected chi connectivity index (χ0v) is 15.2. The van der Waals surface area contributed by atoms with Crippen molar-refractivity contribution in [1.82, 2.24) is 9.21 Å². The monoisotopic (exact) mass is 392 g/mol. The first-order valence-corrected chi connectivity index (χ1v) is 9.79. The zero-order valence-electron chi connectivity index (χ0n) is 14.4. The molecular weight excluding hydrogens is 374 g/mol. The van der Waals surface area contributed by atoms with Crippen LogP contribution in [0.3, 0.4) is 0 Å². The quantitative estimate of drug-likeness (QED) is 0.752. The van der Waals surface area contributed by atoms with Gasteiger partial charge in [-0.2, -0.15) is 4.31 Å². The molecule has 2 aromatic rings. The van der Waals surface area contributed by atoms with E-state index in [1.165, 1.54) is 10.4 Å². The van der Waals surface area contributed by atoms with Crippen molar-refractivity contribution >= 4 is 22.0 Å². The summed E-state index contributed by atoms with van der Waals surface area (Å²) in [7, 11) is -3.94. The smallest absolute Gasteiger partial charge is 0.246 e. The molecule has 5 nitrogen and oxygen atoms in total. The molecule has 0 N–H and O–H groups in total. The molecule has 0 aromatic heterocycles. The summed E-state index contributed by atoms with van der Waals surface area (Å²) in [6.45, 7) is 0.625. The van der Waals surface area contributed by atoms with E-state index in [9.17, 15) is 22.0 Å². The van der Waals surface area contributed by atoms with Crippen LogP contribution in [0.2, 0.25) is 0 Å². The van der Waals surface area contributed by atoms with Gasteiger partial charge in [-0.25, -0.2) is 17.2 Å². The van der Waals surface area contributed by atoms with Crippen LogP contribution in [0.25, 0.3) is 6.08 Å². The van der Waals surface area contributed by atoms with Gasteiger partial charge in [0.25, 0.3) is 0 Å². The summed E-state index contributed by atoms with van der Waals surface area (Å²) in [6.07, 6.45) is 3.15. The van der Waals surface area contributed by atoms with Crippen molar-refractivity contribution in [3.8, 4) is 0 Å². The number of rotatable bonds is 4. The van der Waals surface area contributed by atoms with E-state index in [2.05, 4.69) is 0 Å². The number of sulfonamides is 1. The Morgan fingerprint density at radius 3 is 2.22 bits per heavy atom.